The van der Waals surface area contributed by atoms with Gasteiger partial charge in [0.2, 0.25) is 0 Å². The Bertz CT molecular complexity index is 345. The Balaban J connectivity index is 2.01. The number of aromatic nitrogens is 3. The number of morpholine rings is 1. The van der Waals surface area contributed by atoms with Crippen molar-refractivity contribution in [1.29, 1.82) is 0 Å². The molecule has 8 heteroatoms. The fraction of sp³-hybridized carbons (Fsp3) is 0.750. The minimum Gasteiger partial charge on any atom is -0.378 e. The Kier molecular flexibility index (Phi) is 3.10. The zero-order valence-corrected chi connectivity index (χ0v) is 8.37. The summed E-state index contributed by atoms with van der Waals surface area (Å²) in [6.45, 7) is 0.516. The highest BCUT2D eigenvalue weighted by atomic mass is 19.4. The van der Waals surface area contributed by atoms with Crippen molar-refractivity contribution in [3.63, 3.8) is 0 Å². The van der Waals surface area contributed by atoms with Gasteiger partial charge >= 0.3 is 6.18 Å². The molecule has 0 unspecified atom stereocenters. The van der Waals surface area contributed by atoms with Crippen LogP contribution in [0.2, 0.25) is 0 Å². The van der Waals surface area contributed by atoms with Crippen LogP contribution in [-0.4, -0.2) is 40.7 Å². The monoisotopic (exact) mass is 236 g/mol. The summed E-state index contributed by atoms with van der Waals surface area (Å²) in [5.74, 6) is 0.337. The molecule has 1 aromatic heterocycles. The maximum absolute atomic E-state index is 12.1. The molecule has 16 heavy (non-hydrogen) atoms. The second kappa shape index (κ2) is 4.38. The molecule has 0 aromatic carbocycles. The van der Waals surface area contributed by atoms with Gasteiger partial charge in [-0.1, -0.05) is 0 Å². The Hall–Kier alpha value is -1.15. The minimum absolute atomic E-state index is 0.219. The molecular weight excluding hydrogens is 225 g/mol. The van der Waals surface area contributed by atoms with Crippen LogP contribution in [0, 0.1) is 0 Å². The van der Waals surface area contributed by atoms with E-state index in [0.29, 0.717) is 25.6 Å². The molecule has 90 valence electrons. The largest absolute Gasteiger partial charge is 0.408 e. The van der Waals surface area contributed by atoms with E-state index in [0.717, 1.165) is 11.0 Å². The van der Waals surface area contributed by atoms with E-state index in [1.54, 1.807) is 0 Å². The average molecular weight is 236 g/mol. The van der Waals surface area contributed by atoms with Gasteiger partial charge in [0.05, 0.1) is 19.3 Å². The van der Waals surface area contributed by atoms with Crippen molar-refractivity contribution in [2.24, 2.45) is 0 Å². The van der Waals surface area contributed by atoms with E-state index >= 15 is 0 Å². The molecule has 0 bridgehead atoms. The number of nitrogens with one attached hydrogen (secondary N) is 1. The third-order valence-electron chi connectivity index (χ3n) is 2.13. The van der Waals surface area contributed by atoms with Crippen molar-refractivity contribution in [3.8, 4) is 0 Å². The Morgan fingerprint density at radius 3 is 3.00 bits per heavy atom. The van der Waals surface area contributed by atoms with E-state index in [1.807, 2.05) is 0 Å². The summed E-state index contributed by atoms with van der Waals surface area (Å²) in [5, 5.41) is 6.83. The normalized spacial score (nSPS) is 22.3. The van der Waals surface area contributed by atoms with Gasteiger partial charge in [0, 0.05) is 6.54 Å². The fourth-order valence-corrected chi connectivity index (χ4v) is 1.46. The third-order valence-corrected chi connectivity index (χ3v) is 2.13. The van der Waals surface area contributed by atoms with Gasteiger partial charge < -0.3 is 10.1 Å². The van der Waals surface area contributed by atoms with Crippen LogP contribution in [-0.2, 0) is 11.3 Å². The number of ether oxygens (including phenoxy) is 1. The molecule has 0 aliphatic carbocycles. The first-order valence-electron chi connectivity index (χ1n) is 4.82. The van der Waals surface area contributed by atoms with Crippen LogP contribution in [0.5, 0.6) is 0 Å². The standard InChI is InChI=1S/C8H11F3N4O/c9-8(10,11)4-15-5-13-7(14-15)6-3-16-2-1-12-6/h5-6,12H,1-4H2/t6-/m1/s1. The third kappa shape index (κ3) is 2.92. The van der Waals surface area contributed by atoms with E-state index in [9.17, 15) is 13.2 Å². The smallest absolute Gasteiger partial charge is 0.378 e. The SMILES string of the molecule is FC(F)(F)Cn1cnc([C@H]2COCCN2)n1. The highest BCUT2D eigenvalue weighted by Gasteiger charge is 2.29. The number of hydrogen-bond donors (Lipinski definition) is 1. The summed E-state index contributed by atoms with van der Waals surface area (Å²) in [5.41, 5.74) is 0. The Morgan fingerprint density at radius 1 is 1.56 bits per heavy atom. The van der Waals surface area contributed by atoms with Crippen molar-refractivity contribution in [3.05, 3.63) is 12.2 Å². The summed E-state index contributed by atoms with van der Waals surface area (Å²) in [6.07, 6.45) is -3.19. The molecule has 1 atom stereocenters. The molecule has 2 heterocycles. The Labute approximate surface area is 89.6 Å². The zero-order chi connectivity index (χ0) is 11.6. The predicted octanol–water partition coefficient (Wildman–Crippen LogP) is 0.501. The summed E-state index contributed by atoms with van der Waals surface area (Å²) in [6, 6.07) is -0.219. The van der Waals surface area contributed by atoms with Crippen LogP contribution >= 0.6 is 0 Å². The van der Waals surface area contributed by atoms with Crippen molar-refractivity contribution < 1.29 is 17.9 Å². The molecule has 0 amide bonds. The molecule has 1 aliphatic rings. The van der Waals surface area contributed by atoms with Crippen LogP contribution < -0.4 is 5.32 Å². The van der Waals surface area contributed by atoms with Gasteiger partial charge in [0.15, 0.2) is 5.82 Å². The van der Waals surface area contributed by atoms with E-state index in [-0.39, 0.29) is 6.04 Å². The summed E-state index contributed by atoms with van der Waals surface area (Å²) in [7, 11) is 0. The first-order valence-corrected chi connectivity index (χ1v) is 4.82. The molecule has 1 fully saturated rings. The van der Waals surface area contributed by atoms with Crippen LogP contribution in [0.1, 0.15) is 11.9 Å². The van der Waals surface area contributed by atoms with Gasteiger partial charge in [-0.15, -0.1) is 0 Å². The summed E-state index contributed by atoms with van der Waals surface area (Å²) >= 11 is 0. The quantitative estimate of drug-likeness (QED) is 0.812. The van der Waals surface area contributed by atoms with Gasteiger partial charge in [0.25, 0.3) is 0 Å². The summed E-state index contributed by atoms with van der Waals surface area (Å²) < 4.78 is 42.1. The number of alkyl halides is 3. The first kappa shape index (κ1) is 11.3. The number of rotatable bonds is 2. The van der Waals surface area contributed by atoms with E-state index in [1.165, 1.54) is 0 Å². The van der Waals surface area contributed by atoms with Crippen molar-refractivity contribution in [2.45, 2.75) is 18.8 Å². The maximum atomic E-state index is 12.1. The molecule has 1 aliphatic heterocycles. The van der Waals surface area contributed by atoms with Gasteiger partial charge in [-0.05, 0) is 0 Å². The van der Waals surface area contributed by atoms with Gasteiger partial charge in [-0.2, -0.15) is 18.3 Å². The molecule has 1 aromatic rings. The molecule has 0 spiro atoms. The highest BCUT2D eigenvalue weighted by Crippen LogP contribution is 2.17. The minimum atomic E-state index is -4.28. The van der Waals surface area contributed by atoms with Crippen LogP contribution in [0.15, 0.2) is 6.33 Å². The second-order valence-corrected chi connectivity index (χ2v) is 3.50. The Morgan fingerprint density at radius 2 is 2.38 bits per heavy atom. The molecule has 2 rings (SSSR count). The molecule has 1 saturated heterocycles. The lowest BCUT2D eigenvalue weighted by atomic mass is 10.3. The van der Waals surface area contributed by atoms with E-state index in [2.05, 4.69) is 15.4 Å². The predicted molar refractivity (Wildman–Crippen MR) is 47.6 cm³/mol. The van der Waals surface area contributed by atoms with Gasteiger partial charge in [-0.25, -0.2) is 9.67 Å². The zero-order valence-electron chi connectivity index (χ0n) is 8.37. The van der Waals surface area contributed by atoms with Crippen molar-refractivity contribution >= 4 is 0 Å². The van der Waals surface area contributed by atoms with E-state index in [4.69, 9.17) is 4.74 Å². The average Bonchev–Trinajstić information content (AvgIpc) is 2.65. The van der Waals surface area contributed by atoms with Crippen LogP contribution in [0.25, 0.3) is 0 Å². The number of hydrogen-bond acceptors (Lipinski definition) is 4. The lowest BCUT2D eigenvalue weighted by Gasteiger charge is -2.20. The molecule has 0 radical (unpaired) electrons. The van der Waals surface area contributed by atoms with Crippen molar-refractivity contribution in [2.75, 3.05) is 19.8 Å². The first-order chi connectivity index (χ1) is 7.54. The number of nitrogens with zero attached hydrogens (tertiary/aromatic N) is 3. The summed E-state index contributed by atoms with van der Waals surface area (Å²) in [4.78, 5) is 3.83. The fourth-order valence-electron chi connectivity index (χ4n) is 1.46. The van der Waals surface area contributed by atoms with Crippen LogP contribution in [0.4, 0.5) is 13.2 Å². The van der Waals surface area contributed by atoms with Crippen molar-refractivity contribution in [1.82, 2.24) is 20.1 Å². The van der Waals surface area contributed by atoms with E-state index < -0.39 is 12.7 Å². The molecule has 5 nitrogen and oxygen atoms in total. The molecule has 1 N–H and O–H groups in total. The second-order valence-electron chi connectivity index (χ2n) is 3.50. The topological polar surface area (TPSA) is 52.0 Å². The maximum Gasteiger partial charge on any atom is 0.408 e. The molecule has 0 saturated carbocycles. The molecular formula is C8H11F3N4O. The highest BCUT2D eigenvalue weighted by molar-refractivity contribution is 4.93. The van der Waals surface area contributed by atoms with Crippen LogP contribution in [0.3, 0.4) is 0 Å². The number of halogens is 3. The lowest BCUT2D eigenvalue weighted by Crippen LogP contribution is -2.35. The lowest BCUT2D eigenvalue weighted by molar-refractivity contribution is -0.142. The van der Waals surface area contributed by atoms with Gasteiger partial charge in [0.1, 0.15) is 12.9 Å². The van der Waals surface area contributed by atoms with Gasteiger partial charge in [-0.3, -0.25) is 0 Å².